The van der Waals surface area contributed by atoms with Gasteiger partial charge in [0.05, 0.1) is 28.8 Å². The molecule has 30 heavy (non-hydrogen) atoms. The average Bonchev–Trinajstić information content (AvgIpc) is 3.06. The van der Waals surface area contributed by atoms with Crippen LogP contribution in [0.25, 0.3) is 16.9 Å². The zero-order chi connectivity index (χ0) is 22.3. The van der Waals surface area contributed by atoms with Gasteiger partial charge in [0.1, 0.15) is 22.9 Å². The van der Waals surface area contributed by atoms with Crippen molar-refractivity contribution in [3.05, 3.63) is 36.3 Å². The first kappa shape index (κ1) is 21.9. The van der Waals surface area contributed by atoms with Crippen LogP contribution in [0.2, 0.25) is 0 Å². The largest absolute Gasteiger partial charge is 0.490 e. The molecule has 3 aromatic rings. The number of methoxy groups -OCH3 is 1. The second-order valence-corrected chi connectivity index (χ2v) is 10.2. The highest BCUT2D eigenvalue weighted by atomic mass is 32.2. The summed E-state index contributed by atoms with van der Waals surface area (Å²) in [6.07, 6.45) is 2.57. The second kappa shape index (κ2) is 7.80. The average molecular weight is 440 g/mol. The summed E-state index contributed by atoms with van der Waals surface area (Å²) >= 11 is 0. The number of aromatic nitrogens is 3. The number of hydrogen-bond acceptors (Lipinski definition) is 7. The van der Waals surface area contributed by atoms with E-state index in [9.17, 15) is 17.2 Å². The van der Waals surface area contributed by atoms with Gasteiger partial charge in [-0.25, -0.2) is 17.8 Å². The van der Waals surface area contributed by atoms with Crippen LogP contribution in [-0.4, -0.2) is 47.9 Å². The van der Waals surface area contributed by atoms with Gasteiger partial charge in [-0.15, -0.1) is 0 Å². The van der Waals surface area contributed by atoms with E-state index in [-0.39, 0.29) is 40.8 Å². The van der Waals surface area contributed by atoms with Gasteiger partial charge in [0.25, 0.3) is 0 Å². The van der Waals surface area contributed by atoms with E-state index in [1.54, 1.807) is 20.8 Å². The van der Waals surface area contributed by atoms with E-state index in [4.69, 9.17) is 15.2 Å². The number of nitrogens with two attached hydrogens (primary N) is 1. The molecule has 0 unspecified atom stereocenters. The molecule has 3 rings (SSSR count). The van der Waals surface area contributed by atoms with Gasteiger partial charge in [-0.05, 0) is 26.8 Å². The molecule has 0 amide bonds. The summed E-state index contributed by atoms with van der Waals surface area (Å²) in [6.45, 7) is 5.04. The maximum atomic E-state index is 14.4. The lowest BCUT2D eigenvalue weighted by molar-refractivity contribution is 0.144. The topological polar surface area (TPSA) is 109 Å². The molecule has 3 aromatic heterocycles. The van der Waals surface area contributed by atoms with Crippen LogP contribution in [0.5, 0.6) is 5.75 Å². The molecule has 0 spiro atoms. The fourth-order valence-corrected chi connectivity index (χ4v) is 4.01. The number of fused-ring (bicyclic) bond motifs is 1. The SMILES string of the molecule is COCCOc1cc2ncc(-c3cc(F)c(N)nc3F)n2cc1S(=O)(=O)C(C)(C)C. The van der Waals surface area contributed by atoms with Crippen LogP contribution in [-0.2, 0) is 14.6 Å². The summed E-state index contributed by atoms with van der Waals surface area (Å²) in [7, 11) is -2.36. The molecule has 162 valence electrons. The molecule has 0 radical (unpaired) electrons. The van der Waals surface area contributed by atoms with Crippen molar-refractivity contribution in [3.63, 3.8) is 0 Å². The third kappa shape index (κ3) is 3.82. The minimum atomic E-state index is -3.86. The smallest absolute Gasteiger partial charge is 0.224 e. The third-order valence-corrected chi connectivity index (χ3v) is 6.95. The van der Waals surface area contributed by atoms with Crippen LogP contribution in [0.3, 0.4) is 0 Å². The van der Waals surface area contributed by atoms with Crippen LogP contribution in [0.15, 0.2) is 29.4 Å². The number of hydrogen-bond donors (Lipinski definition) is 1. The number of rotatable bonds is 6. The van der Waals surface area contributed by atoms with Crippen molar-refractivity contribution in [2.75, 3.05) is 26.1 Å². The van der Waals surface area contributed by atoms with Crippen molar-refractivity contribution >= 4 is 21.3 Å². The Balaban J connectivity index is 2.26. The summed E-state index contributed by atoms with van der Waals surface area (Å²) in [4.78, 5) is 7.41. The number of pyridine rings is 2. The lowest BCUT2D eigenvalue weighted by Gasteiger charge is -2.22. The zero-order valence-corrected chi connectivity index (χ0v) is 17.8. The van der Waals surface area contributed by atoms with Crippen molar-refractivity contribution in [2.45, 2.75) is 30.4 Å². The number of sulfone groups is 1. The quantitative estimate of drug-likeness (QED) is 0.464. The normalized spacial score (nSPS) is 12.5. The van der Waals surface area contributed by atoms with Crippen LogP contribution < -0.4 is 10.5 Å². The van der Waals surface area contributed by atoms with Crippen molar-refractivity contribution in [1.82, 2.24) is 14.4 Å². The van der Waals surface area contributed by atoms with E-state index < -0.39 is 32.2 Å². The Kier molecular flexibility index (Phi) is 5.70. The first-order valence-electron chi connectivity index (χ1n) is 8.96. The van der Waals surface area contributed by atoms with Gasteiger partial charge in [0.15, 0.2) is 21.5 Å². The highest BCUT2D eigenvalue weighted by molar-refractivity contribution is 7.92. The molecule has 0 aliphatic rings. The lowest BCUT2D eigenvalue weighted by Crippen LogP contribution is -2.28. The van der Waals surface area contributed by atoms with Crippen LogP contribution in [0.1, 0.15) is 20.8 Å². The summed E-state index contributed by atoms with van der Waals surface area (Å²) < 4.78 is 65.4. The van der Waals surface area contributed by atoms with Crippen molar-refractivity contribution in [3.8, 4) is 17.0 Å². The van der Waals surface area contributed by atoms with Gasteiger partial charge in [-0.1, -0.05) is 0 Å². The summed E-state index contributed by atoms with van der Waals surface area (Å²) in [5, 5.41) is 0. The maximum Gasteiger partial charge on any atom is 0.224 e. The molecule has 0 aliphatic heterocycles. The summed E-state index contributed by atoms with van der Waals surface area (Å²) in [6, 6.07) is 2.32. The van der Waals surface area contributed by atoms with Crippen LogP contribution >= 0.6 is 0 Å². The molecule has 3 heterocycles. The van der Waals surface area contributed by atoms with Gasteiger partial charge in [0, 0.05) is 19.4 Å². The van der Waals surface area contributed by atoms with E-state index in [2.05, 4.69) is 9.97 Å². The monoisotopic (exact) mass is 440 g/mol. The molecule has 2 N–H and O–H groups in total. The molecule has 11 heteroatoms. The number of ether oxygens (including phenoxy) is 2. The van der Waals surface area contributed by atoms with Crippen molar-refractivity contribution in [2.24, 2.45) is 0 Å². The third-order valence-electron chi connectivity index (χ3n) is 4.45. The molecule has 0 saturated heterocycles. The highest BCUT2D eigenvalue weighted by Gasteiger charge is 2.34. The fourth-order valence-electron chi connectivity index (χ4n) is 2.72. The molecule has 0 atom stereocenters. The van der Waals surface area contributed by atoms with Crippen molar-refractivity contribution in [1.29, 1.82) is 0 Å². The first-order valence-corrected chi connectivity index (χ1v) is 10.4. The Bertz CT molecular complexity index is 1200. The first-order chi connectivity index (χ1) is 14.0. The van der Waals surface area contributed by atoms with Crippen LogP contribution in [0, 0.1) is 11.8 Å². The zero-order valence-electron chi connectivity index (χ0n) is 16.9. The molecular formula is C19H22F2N4O4S. The number of nitrogens with zero attached hydrogens (tertiary/aromatic N) is 3. The Morgan fingerprint density at radius 3 is 2.53 bits per heavy atom. The van der Waals surface area contributed by atoms with Crippen molar-refractivity contribution < 1.29 is 26.7 Å². The molecule has 0 aromatic carbocycles. The number of nitrogen functional groups attached to an aromatic ring is 1. The van der Waals surface area contributed by atoms with E-state index in [0.29, 0.717) is 0 Å². The summed E-state index contributed by atoms with van der Waals surface area (Å²) in [5.41, 5.74) is 5.49. The maximum absolute atomic E-state index is 14.4. The Hall–Kier alpha value is -2.79. The van der Waals surface area contributed by atoms with Gasteiger partial charge >= 0.3 is 0 Å². The minimum absolute atomic E-state index is 0.0914. The standard InChI is InChI=1S/C19H22F2N4O4S/c1-19(2,3)30(26,27)15-10-25-13(11-7-12(20)18(22)24-17(11)21)9-23-16(25)8-14(15)29-6-5-28-4/h7-10H,5-6H2,1-4H3,(H2,22,24). The van der Waals surface area contributed by atoms with E-state index in [1.807, 2.05) is 0 Å². The molecule has 0 fully saturated rings. The van der Waals surface area contributed by atoms with Gasteiger partial charge < -0.3 is 15.2 Å². The van der Waals surface area contributed by atoms with Gasteiger partial charge in [0.2, 0.25) is 5.95 Å². The number of anilines is 1. The molecule has 8 nitrogen and oxygen atoms in total. The van der Waals surface area contributed by atoms with E-state index in [1.165, 1.54) is 30.0 Å². The number of halogens is 2. The molecular weight excluding hydrogens is 418 g/mol. The predicted octanol–water partition coefficient (Wildman–Crippen LogP) is 2.85. The molecule has 0 bridgehead atoms. The molecule has 0 saturated carbocycles. The predicted molar refractivity (Wildman–Crippen MR) is 107 cm³/mol. The Labute approximate surface area is 172 Å². The van der Waals surface area contributed by atoms with E-state index >= 15 is 0 Å². The van der Waals surface area contributed by atoms with Crippen LogP contribution in [0.4, 0.5) is 14.6 Å². The summed E-state index contributed by atoms with van der Waals surface area (Å²) in [5.74, 6) is -2.39. The molecule has 0 aliphatic carbocycles. The van der Waals surface area contributed by atoms with Gasteiger partial charge in [-0.2, -0.15) is 9.37 Å². The lowest BCUT2D eigenvalue weighted by atomic mass is 10.2. The minimum Gasteiger partial charge on any atom is -0.490 e. The second-order valence-electron chi connectivity index (χ2n) is 7.52. The Morgan fingerprint density at radius 2 is 1.90 bits per heavy atom. The van der Waals surface area contributed by atoms with Gasteiger partial charge in [-0.3, -0.25) is 4.40 Å². The highest BCUT2D eigenvalue weighted by Crippen LogP contribution is 2.35. The Morgan fingerprint density at radius 1 is 1.20 bits per heavy atom. The fraction of sp³-hybridized carbons (Fsp3) is 0.368. The number of imidazole rings is 1. The van der Waals surface area contributed by atoms with E-state index in [0.717, 1.165) is 6.07 Å².